The molecule has 1 aliphatic carbocycles. The number of anilines is 1. The molecule has 1 fully saturated rings. The Bertz CT molecular complexity index is 497. The summed E-state index contributed by atoms with van der Waals surface area (Å²) in [7, 11) is 0. The van der Waals surface area contributed by atoms with E-state index in [9.17, 15) is 4.79 Å². The Morgan fingerprint density at radius 1 is 1.52 bits per heavy atom. The molecule has 1 aromatic rings. The first-order valence-corrected chi connectivity index (χ1v) is 8.57. The van der Waals surface area contributed by atoms with Crippen LogP contribution in [0.1, 0.15) is 42.7 Å². The lowest BCUT2D eigenvalue weighted by molar-refractivity contribution is -0.145. The van der Waals surface area contributed by atoms with Gasteiger partial charge in [-0.2, -0.15) is 0 Å². The highest BCUT2D eigenvalue weighted by molar-refractivity contribution is 7.15. The van der Waals surface area contributed by atoms with E-state index in [1.807, 2.05) is 6.92 Å². The molecule has 0 aromatic carbocycles. The molecule has 2 aliphatic rings. The van der Waals surface area contributed by atoms with Gasteiger partial charge in [-0.1, -0.05) is 0 Å². The number of hydrogen-bond acceptors (Lipinski definition) is 6. The molecule has 2 heterocycles. The first-order chi connectivity index (χ1) is 10.3. The zero-order chi connectivity index (χ0) is 14.7. The highest BCUT2D eigenvalue weighted by Gasteiger charge is 2.31. The number of carbonyl (C=O) groups excluding carboxylic acids is 1. The number of nitrogens with one attached hydrogen (secondary N) is 1. The minimum Gasteiger partial charge on any atom is -0.465 e. The van der Waals surface area contributed by atoms with Crippen LogP contribution in [0.3, 0.4) is 0 Å². The zero-order valence-electron chi connectivity index (χ0n) is 12.4. The van der Waals surface area contributed by atoms with Crippen molar-refractivity contribution >= 4 is 22.4 Å². The molecule has 3 rings (SSSR count). The summed E-state index contributed by atoms with van der Waals surface area (Å²) in [5, 5.41) is 4.34. The van der Waals surface area contributed by atoms with Gasteiger partial charge in [0.25, 0.3) is 0 Å². The van der Waals surface area contributed by atoms with Crippen molar-refractivity contribution < 1.29 is 14.3 Å². The number of nitrogens with zero attached hydrogens (tertiary/aromatic N) is 1. The smallest absolute Gasteiger partial charge is 0.315 e. The van der Waals surface area contributed by atoms with E-state index in [0.29, 0.717) is 12.5 Å². The molecule has 0 saturated carbocycles. The molecular formula is C15H22N2O3S. The number of fused-ring (bicyclic) bond motifs is 1. The second-order valence-electron chi connectivity index (χ2n) is 5.63. The average Bonchev–Trinajstić information content (AvgIpc) is 3.13. The summed E-state index contributed by atoms with van der Waals surface area (Å²) in [6.07, 6.45) is 4.03. The molecule has 1 aromatic heterocycles. The van der Waals surface area contributed by atoms with E-state index in [4.69, 9.17) is 9.47 Å². The molecule has 6 heteroatoms. The lowest BCUT2D eigenvalue weighted by Gasteiger charge is -2.19. The van der Waals surface area contributed by atoms with Gasteiger partial charge in [0.15, 0.2) is 5.13 Å². The third-order valence-electron chi connectivity index (χ3n) is 4.09. The molecule has 0 amide bonds. The quantitative estimate of drug-likeness (QED) is 0.847. The maximum Gasteiger partial charge on any atom is 0.315 e. The molecular weight excluding hydrogens is 288 g/mol. The van der Waals surface area contributed by atoms with Gasteiger partial charge < -0.3 is 14.8 Å². The predicted octanol–water partition coefficient (Wildman–Crippen LogP) is 2.57. The van der Waals surface area contributed by atoms with Crippen molar-refractivity contribution in [2.75, 3.05) is 31.7 Å². The number of aryl methyl sites for hydroxylation is 1. The van der Waals surface area contributed by atoms with Crippen LogP contribution in [-0.2, 0) is 20.7 Å². The van der Waals surface area contributed by atoms with Crippen molar-refractivity contribution in [3.05, 3.63) is 10.6 Å². The molecule has 2 unspecified atom stereocenters. The van der Waals surface area contributed by atoms with Gasteiger partial charge in [0.2, 0.25) is 0 Å². The molecule has 1 aliphatic heterocycles. The minimum absolute atomic E-state index is 0.125. The van der Waals surface area contributed by atoms with Gasteiger partial charge in [-0.05, 0) is 32.6 Å². The maximum absolute atomic E-state index is 12.0. The maximum atomic E-state index is 12.0. The van der Waals surface area contributed by atoms with Crippen molar-refractivity contribution in [2.45, 2.75) is 38.5 Å². The lowest BCUT2D eigenvalue weighted by atomic mass is 9.91. The summed E-state index contributed by atoms with van der Waals surface area (Å²) in [5.74, 6) is 0.279. The van der Waals surface area contributed by atoms with Crippen molar-refractivity contribution in [1.29, 1.82) is 0 Å². The molecule has 116 valence electrons. The highest BCUT2D eigenvalue weighted by atomic mass is 32.1. The summed E-state index contributed by atoms with van der Waals surface area (Å²) in [5.41, 5.74) is 0.940. The zero-order valence-corrected chi connectivity index (χ0v) is 13.2. The third-order valence-corrected chi connectivity index (χ3v) is 5.18. The Morgan fingerprint density at radius 2 is 2.43 bits per heavy atom. The summed E-state index contributed by atoms with van der Waals surface area (Å²) >= 11 is 1.69. The van der Waals surface area contributed by atoms with Gasteiger partial charge >= 0.3 is 5.97 Å². The van der Waals surface area contributed by atoms with Gasteiger partial charge in [-0.15, -0.1) is 11.3 Å². The lowest BCUT2D eigenvalue weighted by Crippen LogP contribution is -2.20. The molecule has 2 atom stereocenters. The van der Waals surface area contributed by atoms with Crippen LogP contribution >= 0.6 is 11.3 Å². The monoisotopic (exact) mass is 310 g/mol. The fraction of sp³-hybridized carbons (Fsp3) is 0.733. The number of rotatable bonds is 5. The van der Waals surface area contributed by atoms with Crippen molar-refractivity contribution in [3.63, 3.8) is 0 Å². The number of ether oxygens (including phenoxy) is 2. The van der Waals surface area contributed by atoms with Crippen LogP contribution in [0.15, 0.2) is 0 Å². The Labute approximate surface area is 129 Å². The van der Waals surface area contributed by atoms with Crippen molar-refractivity contribution in [1.82, 2.24) is 4.98 Å². The second-order valence-corrected chi connectivity index (χ2v) is 6.72. The fourth-order valence-corrected chi connectivity index (χ4v) is 4.01. The van der Waals surface area contributed by atoms with Crippen molar-refractivity contribution in [3.8, 4) is 0 Å². The number of aromatic nitrogens is 1. The van der Waals surface area contributed by atoms with E-state index in [0.717, 1.165) is 56.3 Å². The summed E-state index contributed by atoms with van der Waals surface area (Å²) < 4.78 is 10.6. The largest absolute Gasteiger partial charge is 0.465 e. The number of thiazole rings is 1. The average molecular weight is 310 g/mol. The summed E-state index contributed by atoms with van der Waals surface area (Å²) in [4.78, 5) is 17.9. The standard InChI is InChI=1S/C15H22N2O3S/c1-2-20-14(18)11-4-3-5-12-13(11)17-15(21-12)16-8-10-6-7-19-9-10/h10-11H,2-9H2,1H3,(H,16,17). The molecule has 1 saturated heterocycles. The van der Waals surface area contributed by atoms with E-state index in [-0.39, 0.29) is 11.9 Å². The molecule has 0 spiro atoms. The highest BCUT2D eigenvalue weighted by Crippen LogP contribution is 2.37. The summed E-state index contributed by atoms with van der Waals surface area (Å²) in [6.45, 7) is 4.88. The van der Waals surface area contributed by atoms with E-state index < -0.39 is 0 Å². The van der Waals surface area contributed by atoms with Crippen LogP contribution < -0.4 is 5.32 Å². The predicted molar refractivity (Wildman–Crippen MR) is 81.8 cm³/mol. The molecule has 5 nitrogen and oxygen atoms in total. The van der Waals surface area contributed by atoms with E-state index in [1.54, 1.807) is 11.3 Å². The minimum atomic E-state index is -0.171. The van der Waals surface area contributed by atoms with E-state index >= 15 is 0 Å². The Hall–Kier alpha value is -1.14. The molecule has 0 bridgehead atoms. The van der Waals surface area contributed by atoms with Crippen LogP contribution in [0.4, 0.5) is 5.13 Å². The van der Waals surface area contributed by atoms with Crippen LogP contribution in [0.5, 0.6) is 0 Å². The van der Waals surface area contributed by atoms with E-state index in [2.05, 4.69) is 10.3 Å². The number of carbonyl (C=O) groups is 1. The van der Waals surface area contributed by atoms with Crippen LogP contribution in [-0.4, -0.2) is 37.3 Å². The third kappa shape index (κ3) is 3.37. The number of hydrogen-bond donors (Lipinski definition) is 1. The Morgan fingerprint density at radius 3 is 3.19 bits per heavy atom. The topological polar surface area (TPSA) is 60.5 Å². The van der Waals surface area contributed by atoms with Gasteiger partial charge in [0.05, 0.1) is 18.9 Å². The first-order valence-electron chi connectivity index (χ1n) is 7.75. The Kier molecular flexibility index (Phi) is 4.75. The summed E-state index contributed by atoms with van der Waals surface area (Å²) in [6, 6.07) is 0. The van der Waals surface area contributed by atoms with Gasteiger partial charge in [-0.3, -0.25) is 4.79 Å². The SMILES string of the molecule is CCOC(=O)C1CCCc2sc(NCC3CCOC3)nc21. The number of esters is 1. The molecule has 21 heavy (non-hydrogen) atoms. The van der Waals surface area contributed by atoms with Gasteiger partial charge in [0, 0.05) is 23.9 Å². The second kappa shape index (κ2) is 6.75. The van der Waals surface area contributed by atoms with Crippen LogP contribution in [0.2, 0.25) is 0 Å². The van der Waals surface area contributed by atoms with Crippen molar-refractivity contribution in [2.24, 2.45) is 5.92 Å². The van der Waals surface area contributed by atoms with Gasteiger partial charge in [-0.25, -0.2) is 4.98 Å². The molecule has 0 radical (unpaired) electrons. The van der Waals surface area contributed by atoms with E-state index in [1.165, 1.54) is 4.88 Å². The fourth-order valence-electron chi connectivity index (χ4n) is 2.94. The van der Waals surface area contributed by atoms with Gasteiger partial charge in [0.1, 0.15) is 5.92 Å². The van der Waals surface area contributed by atoms with Crippen LogP contribution in [0, 0.1) is 5.92 Å². The van der Waals surface area contributed by atoms with Crippen LogP contribution in [0.25, 0.3) is 0 Å². The first kappa shape index (κ1) is 14.8. The molecule has 1 N–H and O–H groups in total. The normalized spacial score (nSPS) is 24.6. The Balaban J connectivity index is 1.66.